The normalized spacial score (nSPS) is 18.0. The van der Waals surface area contributed by atoms with Crippen LogP contribution < -0.4 is 5.32 Å². The first-order valence-electron chi connectivity index (χ1n) is 7.46. The number of thioether (sulfide) groups is 1. The van der Waals surface area contributed by atoms with Crippen LogP contribution in [0, 0.1) is 5.41 Å². The van der Waals surface area contributed by atoms with Crippen molar-refractivity contribution in [1.29, 1.82) is 0 Å². The first-order chi connectivity index (χ1) is 9.96. The largest absolute Gasteiger partial charge is 0.350 e. The molecule has 0 aromatic carbocycles. The summed E-state index contributed by atoms with van der Waals surface area (Å²) >= 11 is 1.31. The molecule has 1 heterocycles. The van der Waals surface area contributed by atoms with Crippen LogP contribution in [-0.2, 0) is 14.4 Å². The number of ketones is 1. The molecule has 0 unspecified atom stereocenters. The molecule has 1 saturated heterocycles. The molecular formula is C16H26N2O3S. The van der Waals surface area contributed by atoms with Gasteiger partial charge in [-0.15, -0.1) is 0 Å². The van der Waals surface area contributed by atoms with Crippen LogP contribution in [0.25, 0.3) is 0 Å². The van der Waals surface area contributed by atoms with Crippen molar-refractivity contribution in [2.45, 2.75) is 53.5 Å². The van der Waals surface area contributed by atoms with Crippen LogP contribution in [0.3, 0.4) is 0 Å². The summed E-state index contributed by atoms with van der Waals surface area (Å²) in [7, 11) is 0. The Hall–Kier alpha value is -1.30. The molecule has 5 nitrogen and oxygen atoms in total. The summed E-state index contributed by atoms with van der Waals surface area (Å²) in [6, 6.07) is 0. The summed E-state index contributed by atoms with van der Waals surface area (Å²) in [6.45, 7) is 11.3. The summed E-state index contributed by atoms with van der Waals surface area (Å²) in [5.74, 6) is -0.128. The van der Waals surface area contributed by atoms with E-state index in [0.717, 1.165) is 6.42 Å². The third-order valence-corrected chi connectivity index (χ3v) is 4.59. The molecule has 0 aromatic rings. The average molecular weight is 326 g/mol. The van der Waals surface area contributed by atoms with Gasteiger partial charge in [-0.05, 0) is 20.3 Å². The summed E-state index contributed by atoms with van der Waals surface area (Å²) < 4.78 is 0. The highest BCUT2D eigenvalue weighted by Crippen LogP contribution is 2.30. The Labute approximate surface area is 136 Å². The molecule has 0 spiro atoms. The van der Waals surface area contributed by atoms with Crippen molar-refractivity contribution in [2.24, 2.45) is 5.41 Å². The molecule has 1 aliphatic heterocycles. The predicted octanol–water partition coefficient (Wildman–Crippen LogP) is 2.32. The van der Waals surface area contributed by atoms with E-state index in [2.05, 4.69) is 5.32 Å². The van der Waals surface area contributed by atoms with E-state index in [4.69, 9.17) is 0 Å². The average Bonchev–Trinajstić information content (AvgIpc) is 2.69. The molecule has 1 rings (SSSR count). The van der Waals surface area contributed by atoms with E-state index >= 15 is 0 Å². The lowest BCUT2D eigenvalue weighted by atomic mass is 9.91. The minimum absolute atomic E-state index is 0.0431. The van der Waals surface area contributed by atoms with Crippen molar-refractivity contribution < 1.29 is 14.4 Å². The third kappa shape index (κ3) is 5.16. The van der Waals surface area contributed by atoms with Gasteiger partial charge in [0.05, 0.1) is 10.8 Å². The summed E-state index contributed by atoms with van der Waals surface area (Å²) in [6.07, 6.45) is 2.28. The van der Waals surface area contributed by atoms with Gasteiger partial charge in [0.25, 0.3) is 0 Å². The zero-order chi connectivity index (χ0) is 17.1. The Morgan fingerprint density at radius 2 is 1.86 bits per heavy atom. The number of hydrogen-bond acceptors (Lipinski definition) is 4. The lowest BCUT2D eigenvalue weighted by Crippen LogP contribution is -2.47. The Balaban J connectivity index is 2.83. The van der Waals surface area contributed by atoms with Gasteiger partial charge in [0.2, 0.25) is 11.8 Å². The third-order valence-electron chi connectivity index (χ3n) is 3.57. The highest BCUT2D eigenvalue weighted by atomic mass is 32.2. The molecule has 0 aliphatic carbocycles. The minimum Gasteiger partial charge on any atom is -0.350 e. The summed E-state index contributed by atoms with van der Waals surface area (Å²) in [5, 5.41) is 3.47. The maximum absolute atomic E-state index is 12.1. The van der Waals surface area contributed by atoms with E-state index in [1.54, 1.807) is 0 Å². The standard InChI is InChI=1S/C16H26N2O3S/c1-7-16(5,6)17-12(20)9-18-13(21)10-22-14(18)8-11(19)15(2,3)4/h8H,7,9-10H2,1-6H3,(H,17,20)/b14-8-. The van der Waals surface area contributed by atoms with Gasteiger partial charge in [-0.25, -0.2) is 0 Å². The molecule has 0 atom stereocenters. The van der Waals surface area contributed by atoms with Gasteiger partial charge in [-0.1, -0.05) is 39.5 Å². The van der Waals surface area contributed by atoms with Crippen molar-refractivity contribution in [2.75, 3.05) is 12.3 Å². The number of rotatable bonds is 5. The summed E-state index contributed by atoms with van der Waals surface area (Å²) in [4.78, 5) is 37.6. The fourth-order valence-corrected chi connectivity index (χ4v) is 2.62. The van der Waals surface area contributed by atoms with Crippen molar-refractivity contribution in [3.05, 3.63) is 11.1 Å². The fourth-order valence-electron chi connectivity index (χ4n) is 1.68. The molecule has 2 amide bonds. The van der Waals surface area contributed by atoms with Gasteiger partial charge >= 0.3 is 0 Å². The van der Waals surface area contributed by atoms with E-state index < -0.39 is 5.41 Å². The van der Waals surface area contributed by atoms with Gasteiger partial charge in [0, 0.05) is 17.0 Å². The van der Waals surface area contributed by atoms with Gasteiger partial charge in [-0.2, -0.15) is 0 Å². The van der Waals surface area contributed by atoms with E-state index in [1.165, 1.54) is 22.7 Å². The number of carbonyl (C=O) groups is 3. The SMILES string of the molecule is CCC(C)(C)NC(=O)CN1C(=O)CS/C1=C\C(=O)C(C)(C)C. The number of carbonyl (C=O) groups excluding carboxylic acids is 3. The molecule has 0 saturated carbocycles. The molecule has 1 N–H and O–H groups in total. The van der Waals surface area contributed by atoms with Crippen LogP contribution in [0.1, 0.15) is 48.0 Å². The second kappa shape index (κ2) is 6.86. The Kier molecular flexibility index (Phi) is 5.84. The molecule has 6 heteroatoms. The van der Waals surface area contributed by atoms with E-state index in [1.807, 2.05) is 41.5 Å². The van der Waals surface area contributed by atoms with Crippen molar-refractivity contribution in [1.82, 2.24) is 10.2 Å². The second-order valence-corrected chi connectivity index (χ2v) is 8.15. The van der Waals surface area contributed by atoms with E-state index in [-0.39, 0.29) is 35.4 Å². The zero-order valence-electron chi connectivity index (χ0n) is 14.3. The summed E-state index contributed by atoms with van der Waals surface area (Å²) in [5.41, 5.74) is -0.810. The first kappa shape index (κ1) is 18.7. The highest BCUT2D eigenvalue weighted by molar-refractivity contribution is 8.04. The molecule has 0 aromatic heterocycles. The maximum atomic E-state index is 12.1. The van der Waals surface area contributed by atoms with Crippen LogP contribution in [0.15, 0.2) is 11.1 Å². The maximum Gasteiger partial charge on any atom is 0.240 e. The van der Waals surface area contributed by atoms with Crippen LogP contribution in [0.5, 0.6) is 0 Å². The molecular weight excluding hydrogens is 300 g/mol. The smallest absolute Gasteiger partial charge is 0.240 e. The van der Waals surface area contributed by atoms with Gasteiger partial charge in [-0.3, -0.25) is 19.3 Å². The van der Waals surface area contributed by atoms with Crippen molar-refractivity contribution in [3.8, 4) is 0 Å². The number of amides is 2. The number of nitrogens with zero attached hydrogens (tertiary/aromatic N) is 1. The van der Waals surface area contributed by atoms with Gasteiger partial charge < -0.3 is 5.32 Å². The van der Waals surface area contributed by atoms with Crippen molar-refractivity contribution >= 4 is 29.4 Å². The molecule has 0 bridgehead atoms. The fraction of sp³-hybridized carbons (Fsp3) is 0.688. The van der Waals surface area contributed by atoms with E-state index in [0.29, 0.717) is 5.03 Å². The topological polar surface area (TPSA) is 66.5 Å². The molecule has 1 aliphatic rings. The lowest BCUT2D eigenvalue weighted by Gasteiger charge is -2.26. The number of nitrogens with one attached hydrogen (secondary N) is 1. The monoisotopic (exact) mass is 326 g/mol. The molecule has 124 valence electrons. The molecule has 0 radical (unpaired) electrons. The van der Waals surface area contributed by atoms with Crippen LogP contribution in [0.2, 0.25) is 0 Å². The minimum atomic E-state index is -0.503. The number of hydrogen-bond donors (Lipinski definition) is 1. The Morgan fingerprint density at radius 1 is 1.27 bits per heavy atom. The highest BCUT2D eigenvalue weighted by Gasteiger charge is 2.31. The number of allylic oxidation sites excluding steroid dienone is 1. The van der Waals surface area contributed by atoms with E-state index in [9.17, 15) is 14.4 Å². The quantitative estimate of drug-likeness (QED) is 0.788. The first-order valence-corrected chi connectivity index (χ1v) is 8.45. The lowest BCUT2D eigenvalue weighted by molar-refractivity contribution is -0.132. The molecule has 22 heavy (non-hydrogen) atoms. The Bertz CT molecular complexity index is 504. The predicted molar refractivity (Wildman–Crippen MR) is 89.2 cm³/mol. The Morgan fingerprint density at radius 3 is 2.36 bits per heavy atom. The van der Waals surface area contributed by atoms with Crippen LogP contribution in [-0.4, -0.2) is 40.3 Å². The van der Waals surface area contributed by atoms with Crippen molar-refractivity contribution in [3.63, 3.8) is 0 Å². The zero-order valence-corrected chi connectivity index (χ0v) is 15.1. The van der Waals surface area contributed by atoms with Crippen LogP contribution in [0.4, 0.5) is 0 Å². The second-order valence-electron chi connectivity index (χ2n) is 7.15. The molecule has 1 fully saturated rings. The van der Waals surface area contributed by atoms with Crippen LogP contribution >= 0.6 is 11.8 Å². The van der Waals surface area contributed by atoms with Gasteiger partial charge in [0.15, 0.2) is 5.78 Å². The van der Waals surface area contributed by atoms with Gasteiger partial charge in [0.1, 0.15) is 6.54 Å².